The first-order valence-corrected chi connectivity index (χ1v) is 16.8. The molecule has 2 unspecified atom stereocenters. The Morgan fingerprint density at radius 2 is 1.45 bits per heavy atom. The molecular weight excluding hydrogens is 638 g/mol. The number of hydrogen-bond acceptors (Lipinski definition) is 4. The topological polar surface area (TPSA) is 86.8 Å². The zero-order valence-corrected chi connectivity index (χ0v) is 27.6. The zero-order chi connectivity index (χ0) is 31.7. The second kappa shape index (κ2) is 15.2. The van der Waals surface area contributed by atoms with E-state index in [1.54, 1.807) is 48.5 Å². The van der Waals surface area contributed by atoms with Crippen molar-refractivity contribution in [1.82, 2.24) is 10.2 Å². The van der Waals surface area contributed by atoms with Crippen LogP contribution in [0.15, 0.2) is 119 Å². The van der Waals surface area contributed by atoms with Gasteiger partial charge < -0.3 is 10.2 Å². The number of nitrogens with one attached hydrogen (secondary N) is 1. The molecule has 0 bridgehead atoms. The van der Waals surface area contributed by atoms with Gasteiger partial charge in [-0.05, 0) is 61.7 Å². The van der Waals surface area contributed by atoms with Crippen LogP contribution >= 0.6 is 15.9 Å². The van der Waals surface area contributed by atoms with Gasteiger partial charge >= 0.3 is 0 Å². The molecule has 1 N–H and O–H groups in total. The molecule has 0 saturated carbocycles. The Labute approximate surface area is 269 Å². The fraction of sp³-hybridized carbons (Fsp3) is 0.257. The van der Waals surface area contributed by atoms with Crippen LogP contribution in [-0.2, 0) is 32.6 Å². The summed E-state index contributed by atoms with van der Waals surface area (Å²) in [5.41, 5.74) is 2.96. The Kier molecular flexibility index (Phi) is 11.4. The molecule has 0 aliphatic heterocycles. The Hall–Kier alpha value is -3.95. The highest BCUT2D eigenvalue weighted by atomic mass is 79.9. The minimum Gasteiger partial charge on any atom is -0.352 e. The number of carbonyl (C=O) groups is 2. The highest BCUT2D eigenvalue weighted by Crippen LogP contribution is 2.27. The molecule has 4 rings (SSSR count). The summed E-state index contributed by atoms with van der Waals surface area (Å²) in [4.78, 5) is 29.9. The number of halogens is 1. The van der Waals surface area contributed by atoms with Crippen LogP contribution in [0.2, 0.25) is 0 Å². The predicted octanol–water partition coefficient (Wildman–Crippen LogP) is 6.51. The molecular formula is C35H38BrN3O4S. The summed E-state index contributed by atoms with van der Waals surface area (Å²) < 4.78 is 30.0. The van der Waals surface area contributed by atoms with Crippen LogP contribution in [0.1, 0.15) is 37.0 Å². The van der Waals surface area contributed by atoms with Gasteiger partial charge in [-0.2, -0.15) is 0 Å². The largest absolute Gasteiger partial charge is 0.352 e. The first-order valence-electron chi connectivity index (χ1n) is 14.6. The van der Waals surface area contributed by atoms with Crippen LogP contribution in [0.3, 0.4) is 0 Å². The highest BCUT2D eigenvalue weighted by molar-refractivity contribution is 9.10. The molecule has 7 nitrogen and oxygen atoms in total. The summed E-state index contributed by atoms with van der Waals surface area (Å²) in [6.45, 7) is 5.41. The van der Waals surface area contributed by atoms with Gasteiger partial charge in [-0.25, -0.2) is 8.42 Å². The van der Waals surface area contributed by atoms with Crippen LogP contribution in [-0.4, -0.2) is 43.8 Å². The average Bonchev–Trinajstić information content (AvgIpc) is 3.02. The fourth-order valence-electron chi connectivity index (χ4n) is 4.77. The van der Waals surface area contributed by atoms with Crippen molar-refractivity contribution in [3.63, 3.8) is 0 Å². The van der Waals surface area contributed by atoms with Gasteiger partial charge in [0.15, 0.2) is 0 Å². The van der Waals surface area contributed by atoms with E-state index in [1.807, 2.05) is 81.4 Å². The minimum absolute atomic E-state index is 0.0702. The van der Waals surface area contributed by atoms with Gasteiger partial charge in [-0.3, -0.25) is 13.9 Å². The summed E-state index contributed by atoms with van der Waals surface area (Å²) in [6.07, 6.45) is 0.991. The summed E-state index contributed by atoms with van der Waals surface area (Å²) >= 11 is 3.44. The third kappa shape index (κ3) is 8.57. The number of benzene rings is 4. The molecule has 0 saturated heterocycles. The Balaban J connectivity index is 1.79. The maximum Gasteiger partial charge on any atom is 0.264 e. The van der Waals surface area contributed by atoms with E-state index in [1.165, 1.54) is 4.90 Å². The molecule has 0 aliphatic rings. The van der Waals surface area contributed by atoms with E-state index in [4.69, 9.17) is 0 Å². The van der Waals surface area contributed by atoms with Gasteiger partial charge in [0.2, 0.25) is 11.8 Å². The second-order valence-electron chi connectivity index (χ2n) is 10.8. The molecule has 0 fully saturated rings. The minimum atomic E-state index is -4.15. The Morgan fingerprint density at radius 1 is 0.841 bits per heavy atom. The molecule has 230 valence electrons. The first-order chi connectivity index (χ1) is 21.1. The average molecular weight is 677 g/mol. The van der Waals surface area contributed by atoms with Crippen molar-refractivity contribution >= 4 is 43.5 Å². The fourth-order valence-corrected chi connectivity index (χ4v) is 6.57. The molecule has 44 heavy (non-hydrogen) atoms. The first kappa shape index (κ1) is 33.0. The standard InChI is InChI=1S/C35H38BrN3O4S/c1-4-27(3)37-35(41)33(22-28-12-7-5-8-13-28)38(24-29-14-9-6-10-15-29)34(40)25-39(31-17-11-16-30(36)23-31)44(42,43)32-20-18-26(2)19-21-32/h5-21,23,27,33H,4,22,24-25H2,1-3H3,(H,37,41). The predicted molar refractivity (Wildman–Crippen MR) is 179 cm³/mol. The van der Waals surface area contributed by atoms with Crippen molar-refractivity contribution < 1.29 is 18.0 Å². The summed E-state index contributed by atoms with van der Waals surface area (Å²) in [6, 6.07) is 31.3. The van der Waals surface area contributed by atoms with E-state index in [0.717, 1.165) is 27.4 Å². The lowest BCUT2D eigenvalue weighted by Crippen LogP contribution is -2.54. The molecule has 4 aromatic rings. The lowest BCUT2D eigenvalue weighted by molar-refractivity contribution is -0.140. The van der Waals surface area contributed by atoms with Crippen LogP contribution < -0.4 is 9.62 Å². The highest BCUT2D eigenvalue weighted by Gasteiger charge is 2.35. The van der Waals surface area contributed by atoms with Crippen LogP contribution in [0.4, 0.5) is 5.69 Å². The van der Waals surface area contributed by atoms with E-state index >= 15 is 0 Å². The molecule has 0 radical (unpaired) electrons. The van der Waals surface area contributed by atoms with E-state index in [9.17, 15) is 18.0 Å². The zero-order valence-electron chi connectivity index (χ0n) is 25.2. The van der Waals surface area contributed by atoms with Crippen molar-refractivity contribution in [2.24, 2.45) is 0 Å². The van der Waals surface area contributed by atoms with Gasteiger partial charge in [0.1, 0.15) is 12.6 Å². The van der Waals surface area contributed by atoms with E-state index in [2.05, 4.69) is 21.2 Å². The van der Waals surface area contributed by atoms with Crippen molar-refractivity contribution in [3.8, 4) is 0 Å². The summed E-state index contributed by atoms with van der Waals surface area (Å²) in [5.74, 6) is -0.785. The molecule has 9 heteroatoms. The number of nitrogens with zero attached hydrogens (tertiary/aromatic N) is 2. The second-order valence-corrected chi connectivity index (χ2v) is 13.6. The molecule has 0 spiro atoms. The van der Waals surface area contributed by atoms with Crippen molar-refractivity contribution in [1.29, 1.82) is 0 Å². The molecule has 0 aromatic heterocycles. The molecule has 0 heterocycles. The Bertz CT molecular complexity index is 1650. The van der Waals surface area contributed by atoms with E-state index in [-0.39, 0.29) is 29.8 Å². The third-order valence-corrected chi connectivity index (χ3v) is 9.73. The molecule has 2 atom stereocenters. The van der Waals surface area contributed by atoms with E-state index < -0.39 is 28.5 Å². The molecule has 4 aromatic carbocycles. The normalized spacial score (nSPS) is 12.6. The third-order valence-electron chi connectivity index (χ3n) is 7.45. The number of anilines is 1. The number of rotatable bonds is 13. The summed E-state index contributed by atoms with van der Waals surface area (Å²) in [7, 11) is -4.15. The van der Waals surface area contributed by atoms with Gasteiger partial charge in [-0.1, -0.05) is 107 Å². The SMILES string of the molecule is CCC(C)NC(=O)C(Cc1ccccc1)N(Cc1ccccc1)C(=O)CN(c1cccc(Br)c1)S(=O)(=O)c1ccc(C)cc1. The van der Waals surface area contributed by atoms with Gasteiger partial charge in [-0.15, -0.1) is 0 Å². The molecule has 0 aliphatic carbocycles. The monoisotopic (exact) mass is 675 g/mol. The number of aryl methyl sites for hydroxylation is 1. The number of sulfonamides is 1. The molecule has 2 amide bonds. The number of amides is 2. The quantitative estimate of drug-likeness (QED) is 0.175. The van der Waals surface area contributed by atoms with Crippen molar-refractivity contribution in [3.05, 3.63) is 130 Å². The van der Waals surface area contributed by atoms with Crippen molar-refractivity contribution in [2.75, 3.05) is 10.8 Å². The van der Waals surface area contributed by atoms with Crippen LogP contribution in [0.25, 0.3) is 0 Å². The number of hydrogen-bond donors (Lipinski definition) is 1. The van der Waals surface area contributed by atoms with E-state index in [0.29, 0.717) is 10.2 Å². The smallest absolute Gasteiger partial charge is 0.264 e. The van der Waals surface area contributed by atoms with Crippen molar-refractivity contribution in [2.45, 2.75) is 57.1 Å². The number of carbonyl (C=O) groups excluding carboxylic acids is 2. The van der Waals surface area contributed by atoms with Gasteiger partial charge in [0, 0.05) is 23.5 Å². The summed E-state index contributed by atoms with van der Waals surface area (Å²) in [5, 5.41) is 3.05. The maximum atomic E-state index is 14.5. The van der Waals surface area contributed by atoms with Crippen LogP contribution in [0, 0.1) is 6.92 Å². The van der Waals surface area contributed by atoms with Gasteiger partial charge in [0.05, 0.1) is 10.6 Å². The lowest BCUT2D eigenvalue weighted by Gasteiger charge is -2.34. The van der Waals surface area contributed by atoms with Crippen LogP contribution in [0.5, 0.6) is 0 Å². The van der Waals surface area contributed by atoms with Gasteiger partial charge in [0.25, 0.3) is 10.0 Å². The lowest BCUT2D eigenvalue weighted by atomic mass is 10.0. The Morgan fingerprint density at radius 3 is 2.05 bits per heavy atom. The maximum absolute atomic E-state index is 14.5.